The Bertz CT molecular complexity index is 2210. The van der Waals surface area contributed by atoms with Gasteiger partial charge in [0, 0.05) is 0 Å². The Morgan fingerprint density at radius 3 is 0.307 bits per heavy atom. The Balaban J connectivity index is 5.85. The first-order chi connectivity index (χ1) is 37.6. The van der Waals surface area contributed by atoms with Crippen molar-refractivity contribution in [3.63, 3.8) is 0 Å². The monoisotopic (exact) mass is 1630 g/mol. The van der Waals surface area contributed by atoms with Crippen molar-refractivity contribution in [3.8, 4) is 0 Å². The van der Waals surface area contributed by atoms with E-state index >= 15 is 0 Å². The smallest absolute Gasteiger partial charge is 0.320 e. The Hall–Kier alpha value is 3.89. The van der Waals surface area contributed by atoms with Crippen LogP contribution in [0.1, 0.15) is 0 Å². The lowest BCUT2D eigenvalue weighted by atomic mass is 11.9. The van der Waals surface area contributed by atoms with Crippen LogP contribution >= 0.6 is 0 Å². The van der Waals surface area contributed by atoms with Gasteiger partial charge in [-0.2, -0.15) is 0 Å². The molecule has 0 aliphatic carbocycles. The molecule has 0 amide bonds. The molecule has 0 radical (unpaired) electrons. The molecule has 0 atom stereocenters. The molecule has 0 saturated carbocycles. The summed E-state index contributed by atoms with van der Waals surface area (Å²) in [5.41, 5.74) is 0. The fourth-order valence-corrected chi connectivity index (χ4v) is 123. The maximum absolute atomic E-state index is 10.5. The van der Waals surface area contributed by atoms with E-state index in [0.29, 0.717) is 0 Å². The molecule has 0 aromatic rings. The maximum atomic E-state index is 10.5. The third-order valence-corrected chi connectivity index (χ3v) is 93.2. The van der Waals surface area contributed by atoms with Crippen LogP contribution in [0.15, 0.2) is 0 Å². The molecule has 0 rings (SSSR count). The molecule has 88 heavy (non-hydrogen) atoms. The van der Waals surface area contributed by atoms with Crippen molar-refractivity contribution in [2.24, 2.45) is 0 Å². The van der Waals surface area contributed by atoms with Crippen LogP contribution in [0.2, 0.25) is 288 Å². The summed E-state index contributed by atoms with van der Waals surface area (Å²) in [6.07, 6.45) is 0. The molecule has 0 heterocycles. The number of rotatable bonds is 42. The topological polar surface area (TPSA) is 214 Å². The minimum absolute atomic E-state index is 1.27. The second-order valence-corrected chi connectivity index (χ2v) is 111. The van der Waals surface area contributed by atoms with E-state index in [4.69, 9.17) is 86.4 Å². The lowest BCUT2D eigenvalue weighted by Crippen LogP contribution is -2.63. The highest BCUT2D eigenvalue weighted by Crippen LogP contribution is 2.35. The summed E-state index contributed by atoms with van der Waals surface area (Å²) in [6.45, 7) is 89.6. The van der Waals surface area contributed by atoms with Gasteiger partial charge in [-0.05, 0) is 288 Å². The van der Waals surface area contributed by atoms with Crippen molar-refractivity contribution < 1.29 is 91.2 Å². The van der Waals surface area contributed by atoms with Crippen LogP contribution in [0.25, 0.3) is 0 Å². The first-order valence-corrected chi connectivity index (χ1v) is 92.9. The molecule has 0 aromatic carbocycles. The fraction of sp³-hybridized carbons (Fsp3) is 1.00. The van der Waals surface area contributed by atoms with Crippen molar-refractivity contribution in [3.05, 3.63) is 0 Å². The van der Waals surface area contributed by atoms with E-state index < -0.39 is 189 Å². The summed E-state index contributed by atoms with van der Waals surface area (Å²) in [4.78, 5) is 10.5. The molecule has 0 bridgehead atoms. The third-order valence-electron chi connectivity index (χ3n) is 10.4. The van der Waals surface area contributed by atoms with Gasteiger partial charge in [0.15, 0.2) is 9.04 Å². The van der Waals surface area contributed by atoms with Gasteiger partial charge >= 0.3 is 180 Å². The highest BCUT2D eigenvalue weighted by molar-refractivity contribution is 6.96. The van der Waals surface area contributed by atoms with Crippen molar-refractivity contribution in [1.29, 1.82) is 0 Å². The van der Waals surface area contributed by atoms with Gasteiger partial charge < -0.3 is 91.2 Å². The standard InChI is InChI=1S/C44H134O22Si22/c1-67(2)46-69(5,6)48-71(9,10)50-73(13,14)52-75(17,18)54-77(21,22)56-79(25,26)58-81(29,30)60-83(33,34)62-85(37,38)64-87(41,42)66-88(43,44)65-86(39,40)63-84(35,36)61-82(31,32)59-80(27,28)57-78(23,24)55-76(19,20)53-74(15,16)51-72(11,12)49-70(7,8)47-68(3,4)45/h45,67H,1-44H3. The lowest BCUT2D eigenvalue weighted by molar-refractivity contribution is 0.248. The molecular weight excluding hydrogens is 1500 g/mol. The first kappa shape index (κ1) is 91.9. The van der Waals surface area contributed by atoms with Crippen molar-refractivity contribution >= 4 is 189 Å². The van der Waals surface area contributed by atoms with Gasteiger partial charge in [0.25, 0.3) is 0 Å². The van der Waals surface area contributed by atoms with Crippen molar-refractivity contribution in [1.82, 2.24) is 0 Å². The number of hydrogen-bond donors (Lipinski definition) is 1. The van der Waals surface area contributed by atoms with E-state index in [-0.39, 0.29) is 0 Å². The number of hydrogen-bond acceptors (Lipinski definition) is 22. The van der Waals surface area contributed by atoms with Crippen LogP contribution in [0, 0.1) is 0 Å². The maximum Gasteiger partial charge on any atom is 0.320 e. The largest absolute Gasteiger partial charge is 0.440 e. The molecular formula is C44H134O22Si22. The normalized spacial score (nSPS) is 16.2. The van der Waals surface area contributed by atoms with Crippen molar-refractivity contribution in [2.75, 3.05) is 0 Å². The van der Waals surface area contributed by atoms with E-state index in [2.05, 4.69) is 144 Å². The van der Waals surface area contributed by atoms with Gasteiger partial charge in [-0.25, -0.2) is 0 Å². The summed E-state index contributed by atoms with van der Waals surface area (Å²) < 4.78 is 143. The van der Waals surface area contributed by atoms with Crippen LogP contribution in [-0.4, -0.2) is 194 Å². The SMILES string of the molecule is C[SiH](C)O[Si](C)(C)O[Si](C)(C)O[Si](C)(C)O[Si](C)(C)O[Si](C)(C)O[Si](C)(C)O[Si](C)(C)O[Si](C)(C)O[Si](C)(C)O[Si](C)(C)O[Si](C)(C)O[Si](C)(C)O[Si](C)(C)O[Si](C)(C)O[Si](C)(C)O[Si](C)(C)O[Si](C)(C)O[Si](C)(C)O[Si](C)(C)O[Si](C)(C)O[Si](C)(C)O. The molecule has 44 heteroatoms. The van der Waals surface area contributed by atoms with Gasteiger partial charge in [0.2, 0.25) is 0 Å². The molecule has 22 nitrogen and oxygen atoms in total. The zero-order valence-corrected chi connectivity index (χ0v) is 86.3. The van der Waals surface area contributed by atoms with Crippen LogP contribution in [0.3, 0.4) is 0 Å². The summed E-state index contributed by atoms with van der Waals surface area (Å²) >= 11 is 0. The van der Waals surface area contributed by atoms with Gasteiger partial charge in [-0.3, -0.25) is 0 Å². The van der Waals surface area contributed by atoms with E-state index in [1.165, 1.54) is 0 Å². The van der Waals surface area contributed by atoms with E-state index in [9.17, 15) is 4.80 Å². The average Bonchev–Trinajstić information content (AvgIpc) is 2.98. The molecule has 0 spiro atoms. The van der Waals surface area contributed by atoms with E-state index in [1.54, 1.807) is 13.1 Å². The first-order valence-electron chi connectivity index (χ1n) is 31.0. The molecule has 1 N–H and O–H groups in total. The van der Waals surface area contributed by atoms with Crippen LogP contribution in [0.5, 0.6) is 0 Å². The summed E-state index contributed by atoms with van der Waals surface area (Å²) in [5, 5.41) is 0. The second kappa shape index (κ2) is 31.0. The quantitative estimate of drug-likeness (QED) is 0.0562. The predicted octanol–water partition coefficient (Wildman–Crippen LogP) is 15.0. The van der Waals surface area contributed by atoms with Gasteiger partial charge in [0.1, 0.15) is 0 Å². The summed E-state index contributed by atoms with van der Waals surface area (Å²) in [6, 6.07) is 0. The zero-order valence-electron chi connectivity index (χ0n) is 64.1. The van der Waals surface area contributed by atoms with Gasteiger partial charge in [0.05, 0.1) is 0 Å². The molecule has 0 aliphatic heterocycles. The second-order valence-electron chi connectivity index (χ2n) is 32.7. The molecule has 0 saturated heterocycles. The van der Waals surface area contributed by atoms with Crippen LogP contribution in [-0.2, 0) is 86.4 Å². The van der Waals surface area contributed by atoms with Gasteiger partial charge in [-0.15, -0.1) is 0 Å². The Morgan fingerprint density at radius 2 is 0.227 bits per heavy atom. The fourth-order valence-electron chi connectivity index (χ4n) is 12.8. The Labute approximate surface area is 563 Å². The lowest BCUT2D eigenvalue weighted by Gasteiger charge is -2.45. The molecule has 0 aromatic heterocycles. The highest BCUT2D eigenvalue weighted by Gasteiger charge is 2.55. The summed E-state index contributed by atoms with van der Waals surface area (Å²) in [5.74, 6) is 0. The minimum Gasteiger partial charge on any atom is -0.440 e. The predicted molar refractivity (Wildman–Crippen MR) is 411 cm³/mol. The highest BCUT2D eigenvalue weighted by atomic mass is 28.6. The van der Waals surface area contributed by atoms with Crippen LogP contribution in [0.4, 0.5) is 0 Å². The third kappa shape index (κ3) is 42.8. The molecule has 530 valence electrons. The van der Waals surface area contributed by atoms with Crippen LogP contribution < -0.4 is 0 Å². The van der Waals surface area contributed by atoms with Gasteiger partial charge in [-0.1, -0.05) is 0 Å². The zero-order chi connectivity index (χ0) is 70.9. The minimum atomic E-state index is -2.88. The Morgan fingerprint density at radius 1 is 0.148 bits per heavy atom. The molecule has 0 aliphatic rings. The van der Waals surface area contributed by atoms with E-state index in [0.717, 1.165) is 0 Å². The van der Waals surface area contributed by atoms with Crippen molar-refractivity contribution in [2.45, 2.75) is 288 Å². The molecule has 0 fully saturated rings. The average molecular weight is 1630 g/mol. The van der Waals surface area contributed by atoms with E-state index in [1.807, 2.05) is 131 Å². The summed E-state index contributed by atoms with van der Waals surface area (Å²) in [7, 11) is -59.8. The Kier molecular flexibility index (Phi) is 32.4. The molecule has 0 unspecified atom stereocenters.